The molecule has 0 aliphatic carbocycles. The molecule has 1 saturated heterocycles. The monoisotopic (exact) mass is 898 g/mol. The number of amides is 1. The van der Waals surface area contributed by atoms with Crippen molar-refractivity contribution in [3.05, 3.63) is 71.8 Å². The standard InChI is InChI=1S/C52H83NO11/c1-3-5-7-8-9-10-11-12-13-14-15-16-17-18-19-20-21-22-23-24-31-37-45(55)53-42(39-61-52-48(58)47(57)46(56)44(38-54)63-52)49(64-51(60)41-34-29-26-30-35-41)43(36-6-4-2)62-50(59)40-32-27-25-28-33-40/h25-30,32-35,42-44,46-49,52,54,56-58H,3-24,31,36-39H2,1-2H3,(H,53,55)/t42-,43+,44+,46-,47-,48+,49-,52-/m0/s1. The molecule has 1 aliphatic rings. The van der Waals surface area contributed by atoms with Crippen LogP contribution in [0.2, 0.25) is 0 Å². The van der Waals surface area contributed by atoms with Crippen LogP contribution in [-0.4, -0.2) is 100 Å². The zero-order valence-electron chi connectivity index (χ0n) is 39.1. The van der Waals surface area contributed by atoms with Gasteiger partial charge in [-0.25, -0.2) is 9.59 Å². The predicted octanol–water partition coefficient (Wildman–Crippen LogP) is 9.53. The van der Waals surface area contributed by atoms with Crippen LogP contribution in [0.5, 0.6) is 0 Å². The number of hydrogen-bond donors (Lipinski definition) is 5. The molecule has 0 bridgehead atoms. The highest BCUT2D eigenvalue weighted by atomic mass is 16.7. The summed E-state index contributed by atoms with van der Waals surface area (Å²) in [6.45, 7) is 3.18. The van der Waals surface area contributed by atoms with E-state index in [9.17, 15) is 34.8 Å². The fraction of sp³-hybridized carbons (Fsp3) is 0.712. The summed E-state index contributed by atoms with van der Waals surface area (Å²) in [6, 6.07) is 15.7. The number of hydrogen-bond acceptors (Lipinski definition) is 11. The summed E-state index contributed by atoms with van der Waals surface area (Å²) in [6.07, 6.45) is 18.3. The summed E-state index contributed by atoms with van der Waals surface area (Å²) in [4.78, 5) is 40.9. The molecule has 1 fully saturated rings. The maximum atomic E-state index is 13.7. The Hall–Kier alpha value is -3.39. The van der Waals surface area contributed by atoms with E-state index >= 15 is 0 Å². The van der Waals surface area contributed by atoms with Gasteiger partial charge in [-0.2, -0.15) is 0 Å². The van der Waals surface area contributed by atoms with E-state index in [0.717, 1.165) is 25.7 Å². The molecule has 64 heavy (non-hydrogen) atoms. The van der Waals surface area contributed by atoms with Crippen LogP contribution in [0.4, 0.5) is 0 Å². The first-order chi connectivity index (χ1) is 31.2. The molecule has 12 nitrogen and oxygen atoms in total. The van der Waals surface area contributed by atoms with Crippen LogP contribution in [0.1, 0.15) is 195 Å². The van der Waals surface area contributed by atoms with Gasteiger partial charge in [0.2, 0.25) is 5.91 Å². The Balaban J connectivity index is 1.56. The fourth-order valence-corrected chi connectivity index (χ4v) is 8.28. The van der Waals surface area contributed by atoms with Crippen molar-refractivity contribution in [2.45, 2.75) is 223 Å². The minimum Gasteiger partial charge on any atom is -0.455 e. The Bertz CT molecular complexity index is 1490. The molecule has 1 aliphatic heterocycles. The number of carbonyl (C=O) groups is 3. The van der Waals surface area contributed by atoms with E-state index in [0.29, 0.717) is 18.4 Å². The van der Waals surface area contributed by atoms with Gasteiger partial charge in [-0.15, -0.1) is 0 Å². The van der Waals surface area contributed by atoms with E-state index in [2.05, 4.69) is 12.2 Å². The first-order valence-electron chi connectivity index (χ1n) is 24.9. The Morgan fingerprint density at radius 2 is 1.02 bits per heavy atom. The highest BCUT2D eigenvalue weighted by molar-refractivity contribution is 5.90. The van der Waals surface area contributed by atoms with Crippen LogP contribution < -0.4 is 5.32 Å². The van der Waals surface area contributed by atoms with Crippen LogP contribution in [0, 0.1) is 0 Å². The molecule has 1 amide bonds. The number of benzene rings is 2. The highest BCUT2D eigenvalue weighted by Gasteiger charge is 2.45. The summed E-state index contributed by atoms with van der Waals surface area (Å²) < 4.78 is 23.8. The molecule has 5 N–H and O–H groups in total. The molecule has 0 saturated carbocycles. The molecule has 2 aromatic rings. The SMILES string of the molecule is CCCCCCCCCCCCCCCCCCCCCCCC(=O)N[C@@H](CO[C@H]1O[C@H](CO)[C@H](O)[C@H](O)[C@H]1O)[C@H](OC(=O)c1ccccc1)[C@@H](CCCC)OC(=O)c1ccccc1. The van der Waals surface area contributed by atoms with E-state index in [-0.39, 0.29) is 24.3 Å². The van der Waals surface area contributed by atoms with Crippen molar-refractivity contribution in [2.75, 3.05) is 13.2 Å². The second kappa shape index (κ2) is 34.0. The van der Waals surface area contributed by atoms with E-state index in [1.54, 1.807) is 60.7 Å². The van der Waals surface area contributed by atoms with Crippen LogP contribution in [-0.2, 0) is 23.7 Å². The lowest BCUT2D eigenvalue weighted by Crippen LogP contribution is -2.60. The van der Waals surface area contributed by atoms with Gasteiger partial charge in [-0.05, 0) is 43.5 Å². The molecule has 0 aromatic heterocycles. The molecule has 0 unspecified atom stereocenters. The number of aliphatic hydroxyl groups is 4. The van der Waals surface area contributed by atoms with Crippen molar-refractivity contribution in [2.24, 2.45) is 0 Å². The van der Waals surface area contributed by atoms with Crippen LogP contribution in [0.25, 0.3) is 0 Å². The number of carbonyl (C=O) groups excluding carboxylic acids is 3. The first kappa shape index (κ1) is 54.9. The van der Waals surface area contributed by atoms with E-state index in [1.165, 1.54) is 109 Å². The molecule has 2 aromatic carbocycles. The lowest BCUT2D eigenvalue weighted by atomic mass is 9.98. The summed E-state index contributed by atoms with van der Waals surface area (Å²) >= 11 is 0. The zero-order chi connectivity index (χ0) is 46.2. The minimum atomic E-state index is -1.70. The molecular weight excluding hydrogens is 815 g/mol. The largest absolute Gasteiger partial charge is 0.455 e. The maximum Gasteiger partial charge on any atom is 0.338 e. The van der Waals surface area contributed by atoms with Crippen molar-refractivity contribution in [1.82, 2.24) is 5.32 Å². The average Bonchev–Trinajstić information content (AvgIpc) is 3.31. The molecule has 3 rings (SSSR count). The molecule has 12 heteroatoms. The molecule has 8 atom stereocenters. The summed E-state index contributed by atoms with van der Waals surface area (Å²) in [5.41, 5.74) is 0.542. The molecule has 1 heterocycles. The van der Waals surface area contributed by atoms with Crippen molar-refractivity contribution in [1.29, 1.82) is 0 Å². The van der Waals surface area contributed by atoms with Crippen LogP contribution in [0.3, 0.4) is 0 Å². The molecule has 0 spiro atoms. The number of esters is 2. The Morgan fingerprint density at radius 1 is 0.578 bits per heavy atom. The number of ether oxygens (including phenoxy) is 4. The van der Waals surface area contributed by atoms with Gasteiger partial charge < -0.3 is 44.7 Å². The van der Waals surface area contributed by atoms with Crippen LogP contribution in [0.15, 0.2) is 60.7 Å². The first-order valence-corrected chi connectivity index (χ1v) is 24.9. The van der Waals surface area contributed by atoms with Gasteiger partial charge in [0.25, 0.3) is 0 Å². The van der Waals surface area contributed by atoms with Gasteiger partial charge in [0, 0.05) is 6.42 Å². The third kappa shape index (κ3) is 21.7. The van der Waals surface area contributed by atoms with Crippen LogP contribution >= 0.6 is 0 Å². The van der Waals surface area contributed by atoms with Crippen molar-refractivity contribution >= 4 is 17.8 Å². The summed E-state index contributed by atoms with van der Waals surface area (Å²) in [5, 5.41) is 44.3. The second-order valence-corrected chi connectivity index (χ2v) is 17.7. The number of unbranched alkanes of at least 4 members (excludes halogenated alkanes) is 21. The minimum absolute atomic E-state index is 0.193. The van der Waals surface area contributed by atoms with Gasteiger partial charge in [-0.3, -0.25) is 4.79 Å². The van der Waals surface area contributed by atoms with Crippen molar-refractivity contribution in [3.8, 4) is 0 Å². The van der Waals surface area contributed by atoms with E-state index in [4.69, 9.17) is 18.9 Å². The van der Waals surface area contributed by atoms with Gasteiger partial charge in [0.15, 0.2) is 12.4 Å². The topological polar surface area (TPSA) is 181 Å². The number of aliphatic hydroxyl groups excluding tert-OH is 4. The van der Waals surface area contributed by atoms with E-state index in [1.807, 2.05) is 6.92 Å². The average molecular weight is 898 g/mol. The number of nitrogens with one attached hydrogen (secondary N) is 1. The Kier molecular flexibility index (Phi) is 29.2. The van der Waals surface area contributed by atoms with Crippen molar-refractivity contribution in [3.63, 3.8) is 0 Å². The third-order valence-corrected chi connectivity index (χ3v) is 12.3. The highest BCUT2D eigenvalue weighted by Crippen LogP contribution is 2.25. The Morgan fingerprint density at radius 3 is 1.47 bits per heavy atom. The lowest BCUT2D eigenvalue weighted by Gasteiger charge is -2.40. The quantitative estimate of drug-likeness (QED) is 0.0325. The predicted molar refractivity (Wildman–Crippen MR) is 250 cm³/mol. The van der Waals surface area contributed by atoms with Gasteiger partial charge >= 0.3 is 11.9 Å². The normalized spacial score (nSPS) is 20.0. The third-order valence-electron chi connectivity index (χ3n) is 12.3. The Labute approximate surface area is 384 Å². The summed E-state index contributed by atoms with van der Waals surface area (Å²) in [7, 11) is 0. The van der Waals surface area contributed by atoms with Gasteiger partial charge in [0.05, 0.1) is 30.4 Å². The lowest BCUT2D eigenvalue weighted by molar-refractivity contribution is -0.303. The van der Waals surface area contributed by atoms with E-state index < -0.39 is 74.1 Å². The van der Waals surface area contributed by atoms with Crippen molar-refractivity contribution < 1.29 is 53.8 Å². The maximum absolute atomic E-state index is 13.7. The van der Waals surface area contributed by atoms with Gasteiger partial charge in [-0.1, -0.05) is 185 Å². The summed E-state index contributed by atoms with van der Waals surface area (Å²) in [5.74, 6) is -1.68. The number of rotatable bonds is 36. The molecule has 0 radical (unpaired) electrons. The zero-order valence-corrected chi connectivity index (χ0v) is 39.1. The fourth-order valence-electron chi connectivity index (χ4n) is 8.28. The molecule has 362 valence electrons. The second-order valence-electron chi connectivity index (χ2n) is 17.7. The van der Waals surface area contributed by atoms with Gasteiger partial charge in [0.1, 0.15) is 30.5 Å². The smallest absolute Gasteiger partial charge is 0.338 e. The molecular formula is C52H83NO11.